The molecule has 0 heterocycles. The van der Waals surface area contributed by atoms with Gasteiger partial charge < -0.3 is 14.7 Å². The van der Waals surface area contributed by atoms with Crippen LogP contribution in [0.25, 0.3) is 0 Å². The molecule has 0 spiro atoms. The molecule has 12 heavy (non-hydrogen) atoms. The second kappa shape index (κ2) is 10.8. The Balaban J connectivity index is -0.0000000457. The van der Waals surface area contributed by atoms with E-state index in [1.54, 1.807) is 0 Å². The van der Waals surface area contributed by atoms with Gasteiger partial charge in [0.05, 0.1) is 0 Å². The van der Waals surface area contributed by atoms with Crippen molar-refractivity contribution in [1.29, 1.82) is 0 Å². The summed E-state index contributed by atoms with van der Waals surface area (Å²) in [7, 11) is -4.89. The van der Waals surface area contributed by atoms with Crippen molar-refractivity contribution in [2.45, 2.75) is 0 Å². The van der Waals surface area contributed by atoms with Crippen LogP contribution in [0.15, 0.2) is 0 Å². The van der Waals surface area contributed by atoms with Gasteiger partial charge in [0.2, 0.25) is 0 Å². The molecule has 0 aromatic heterocycles. The van der Waals surface area contributed by atoms with E-state index < -0.39 is 20.8 Å². The third-order valence-corrected chi connectivity index (χ3v) is 0. The molecule has 0 aliphatic heterocycles. The van der Waals surface area contributed by atoms with Crippen LogP contribution in [0.1, 0.15) is 0 Å². The molecule has 12 heteroatoms. The number of hydrogen-bond acceptors (Lipinski definition) is 6. The topological polar surface area (TPSA) is 155 Å². The van der Waals surface area contributed by atoms with Crippen LogP contribution >= 0.6 is 7.82 Å². The summed E-state index contributed by atoms with van der Waals surface area (Å²) >= 11 is -5.62. The average Bonchev–Trinajstić information content (AvgIpc) is 1.12. The van der Waals surface area contributed by atoms with Gasteiger partial charge in [-0.3, -0.25) is 4.57 Å². The van der Waals surface area contributed by atoms with E-state index in [9.17, 15) is 0 Å². The van der Waals surface area contributed by atoms with Crippen molar-refractivity contribution in [3.05, 3.63) is 0 Å². The molecule has 0 amide bonds. The molecule has 0 aliphatic rings. The molecule has 8 nitrogen and oxygen atoms in total. The normalized spacial score (nSPS) is 9.67. The van der Waals surface area contributed by atoms with Gasteiger partial charge in [-0.2, -0.15) is 0 Å². The van der Waals surface area contributed by atoms with Crippen LogP contribution in [0.3, 0.4) is 0 Å². The van der Waals surface area contributed by atoms with Gasteiger partial charge in [-0.25, -0.2) is 0 Å². The van der Waals surface area contributed by atoms with Gasteiger partial charge in [-0.1, -0.05) is 0 Å². The van der Waals surface area contributed by atoms with E-state index in [1.807, 2.05) is 0 Å². The molecule has 0 aromatic rings. The van der Waals surface area contributed by atoms with Crippen molar-refractivity contribution in [2.75, 3.05) is 0 Å². The Morgan fingerprint density at radius 3 is 1.08 bits per heavy atom. The molecular weight excluding hydrogens is 292 g/mol. The molecule has 0 radical (unpaired) electrons. The molecule has 0 aromatic carbocycles. The molecule has 0 saturated carbocycles. The molecule has 0 aliphatic carbocycles. The second-order valence-electron chi connectivity index (χ2n) is 0.869. The first-order valence-electron chi connectivity index (χ1n) is 1.38. The van der Waals surface area contributed by atoms with Crippen molar-refractivity contribution in [2.24, 2.45) is 0 Å². The number of rotatable bonds is 0. The molecule has 0 bridgehead atoms. The van der Waals surface area contributed by atoms with E-state index in [0.29, 0.717) is 0 Å². The molecular formula is H2K2MnO8P. The Bertz CT molecular complexity index is 241. The van der Waals surface area contributed by atoms with Crippen molar-refractivity contribution < 1.29 is 151 Å². The van der Waals surface area contributed by atoms with E-state index in [0.717, 1.165) is 0 Å². The Labute approximate surface area is 154 Å². The maximum absolute atomic E-state index is 8.77. The van der Waals surface area contributed by atoms with Crippen LogP contribution in [0.2, 0.25) is 0 Å². The Morgan fingerprint density at radius 1 is 1.08 bits per heavy atom. The third kappa shape index (κ3) is 187. The Morgan fingerprint density at radius 2 is 1.08 bits per heavy atom. The van der Waals surface area contributed by atoms with Gasteiger partial charge in [-0.05, 0) is 0 Å². The van der Waals surface area contributed by atoms with Crippen LogP contribution in [0.5, 0.6) is 0 Å². The molecule has 0 fully saturated rings. The quantitative estimate of drug-likeness (QED) is 0.329. The van der Waals surface area contributed by atoms with Gasteiger partial charge in [0.15, 0.2) is 0 Å². The Hall–Kier alpha value is 3.26. The van der Waals surface area contributed by atoms with Crippen molar-refractivity contribution in [1.82, 2.24) is 0 Å². The minimum atomic E-state index is -5.62. The predicted molar refractivity (Wildman–Crippen MR) is 14.1 cm³/mol. The number of phosphoric acid groups is 1. The Kier molecular flexibility index (Phi) is 22.0. The first-order valence-corrected chi connectivity index (χ1v) is 4.84. The second-order valence-corrected chi connectivity index (χ2v) is 3.03. The average molecular weight is 294 g/mol. The van der Waals surface area contributed by atoms with Crippen LogP contribution in [-0.2, 0) is 29.0 Å². The van der Waals surface area contributed by atoms with Gasteiger partial charge in [0, 0.05) is 0 Å². The summed E-state index contributed by atoms with van der Waals surface area (Å²) in [6.07, 6.45) is 0. The summed E-state index contributed by atoms with van der Waals surface area (Å²) in [4.78, 5) is 22.9. The van der Waals surface area contributed by atoms with Gasteiger partial charge in [0.1, 0.15) is 0 Å². The van der Waals surface area contributed by atoms with E-state index in [-0.39, 0.29) is 103 Å². The zero-order valence-electron chi connectivity index (χ0n) is 6.17. The molecule has 64 valence electrons. The summed E-state index contributed by atoms with van der Waals surface area (Å²) in [6.45, 7) is 0. The standard InChI is InChI=1S/2K.Mn.H3O4P.4O/c;;;1-5(2,3)4;;;;/h;;;(H3,1,2,3,4);;;;/q2*+1;;;;;;-1/p-1. The van der Waals surface area contributed by atoms with E-state index in [2.05, 4.69) is 0 Å². The zero-order chi connectivity index (χ0) is 9.00. The van der Waals surface area contributed by atoms with E-state index >= 15 is 0 Å². The summed E-state index contributed by atoms with van der Waals surface area (Å²) in [6, 6.07) is 0. The van der Waals surface area contributed by atoms with Crippen LogP contribution < -0.4 is 112 Å². The van der Waals surface area contributed by atoms with E-state index in [1.165, 1.54) is 0 Å². The van der Waals surface area contributed by atoms with Crippen LogP contribution in [-0.4, -0.2) is 9.79 Å². The fraction of sp³-hybridized carbons (Fsp3) is 0. The molecule has 0 rings (SSSR count). The SMILES string of the molecule is O=P([O-])(O)O.[K+].[K+].[O]=[Mn](=[O])(=[O])[O-]. The van der Waals surface area contributed by atoms with Gasteiger partial charge in [-0.15, -0.1) is 0 Å². The van der Waals surface area contributed by atoms with E-state index in [4.69, 9.17) is 34.9 Å². The summed E-state index contributed by atoms with van der Waals surface area (Å²) in [5, 5.41) is 0. The van der Waals surface area contributed by atoms with Gasteiger partial charge in [0.25, 0.3) is 7.82 Å². The fourth-order valence-corrected chi connectivity index (χ4v) is 0. The summed E-state index contributed by atoms with van der Waals surface area (Å²) < 4.78 is 43.1. The van der Waals surface area contributed by atoms with Gasteiger partial charge >= 0.3 is 131 Å². The fourth-order valence-electron chi connectivity index (χ4n) is 0. The van der Waals surface area contributed by atoms with Crippen LogP contribution in [0.4, 0.5) is 0 Å². The molecule has 2 N–H and O–H groups in total. The first kappa shape index (κ1) is 24.5. The van der Waals surface area contributed by atoms with Crippen LogP contribution in [0, 0.1) is 0 Å². The zero-order valence-corrected chi connectivity index (χ0v) is 14.5. The summed E-state index contributed by atoms with van der Waals surface area (Å²) in [5.74, 6) is 0. The van der Waals surface area contributed by atoms with Crippen molar-refractivity contribution >= 4 is 7.82 Å². The molecule has 0 atom stereocenters. The number of hydrogen-bond donors (Lipinski definition) is 2. The predicted octanol–water partition coefficient (Wildman–Crippen LogP) is -9.10. The summed E-state index contributed by atoms with van der Waals surface area (Å²) in [5.41, 5.74) is 0. The minimum absolute atomic E-state index is 0. The molecule has 0 unspecified atom stereocenters. The maximum atomic E-state index is 8.77. The monoisotopic (exact) mass is 294 g/mol. The first-order chi connectivity index (χ1) is 4.00. The third-order valence-electron chi connectivity index (χ3n) is 0. The van der Waals surface area contributed by atoms with Crippen molar-refractivity contribution in [3.8, 4) is 0 Å². The molecule has 0 saturated heterocycles. The van der Waals surface area contributed by atoms with Crippen molar-refractivity contribution in [3.63, 3.8) is 0 Å².